The van der Waals surface area contributed by atoms with E-state index in [9.17, 15) is 4.79 Å². The molecule has 2 rings (SSSR count). The maximum Gasteiger partial charge on any atom is 0.232 e. The molecule has 0 spiro atoms. The largest absolute Gasteiger partial charge is 0.362 e. The molecule has 2 N–H and O–H groups in total. The van der Waals surface area contributed by atoms with E-state index in [1.54, 1.807) is 0 Å². The van der Waals surface area contributed by atoms with Crippen LogP contribution in [0, 0.1) is 5.92 Å². The van der Waals surface area contributed by atoms with Crippen LogP contribution >= 0.6 is 12.2 Å². The molecular formula is C10H17N3OS. The van der Waals surface area contributed by atoms with Crippen molar-refractivity contribution in [1.82, 2.24) is 15.5 Å². The quantitative estimate of drug-likeness (QED) is 0.656. The van der Waals surface area contributed by atoms with Gasteiger partial charge in [-0.25, -0.2) is 0 Å². The van der Waals surface area contributed by atoms with Gasteiger partial charge in [0, 0.05) is 13.1 Å². The Kier molecular flexibility index (Phi) is 3.53. The zero-order valence-electron chi connectivity index (χ0n) is 8.79. The molecule has 5 heteroatoms. The number of nitrogens with one attached hydrogen (secondary N) is 2. The lowest BCUT2D eigenvalue weighted by Crippen LogP contribution is -2.55. The number of nitrogens with zero attached hydrogens (tertiary/aromatic N) is 1. The number of carbonyl (C=O) groups is 1. The van der Waals surface area contributed by atoms with Crippen LogP contribution in [0.25, 0.3) is 0 Å². The molecule has 15 heavy (non-hydrogen) atoms. The lowest BCUT2D eigenvalue weighted by Gasteiger charge is -2.32. The summed E-state index contributed by atoms with van der Waals surface area (Å²) >= 11 is 4.88. The smallest absolute Gasteiger partial charge is 0.232 e. The Bertz CT molecular complexity index is 263. The van der Waals surface area contributed by atoms with Crippen LogP contribution in [0.1, 0.15) is 19.3 Å². The molecule has 0 saturated carbocycles. The molecule has 0 aliphatic carbocycles. The fourth-order valence-corrected chi connectivity index (χ4v) is 2.35. The fourth-order valence-electron chi connectivity index (χ4n) is 2.17. The summed E-state index contributed by atoms with van der Waals surface area (Å²) in [6, 6.07) is 0. The molecule has 0 aromatic rings. The summed E-state index contributed by atoms with van der Waals surface area (Å²) in [5, 5.41) is 6.17. The van der Waals surface area contributed by atoms with Gasteiger partial charge in [-0.2, -0.15) is 0 Å². The first-order valence-corrected chi connectivity index (χ1v) is 5.97. The van der Waals surface area contributed by atoms with Gasteiger partial charge in [-0.3, -0.25) is 4.79 Å². The van der Waals surface area contributed by atoms with Crippen LogP contribution in [-0.2, 0) is 4.79 Å². The Morgan fingerprint density at radius 3 is 2.73 bits per heavy atom. The summed E-state index contributed by atoms with van der Waals surface area (Å²) in [7, 11) is 0. The molecule has 0 bridgehead atoms. The van der Waals surface area contributed by atoms with Crippen molar-refractivity contribution >= 4 is 23.2 Å². The van der Waals surface area contributed by atoms with Gasteiger partial charge in [-0.1, -0.05) is 6.42 Å². The summed E-state index contributed by atoms with van der Waals surface area (Å²) in [5.41, 5.74) is 0. The van der Waals surface area contributed by atoms with Gasteiger partial charge >= 0.3 is 0 Å². The predicted molar refractivity (Wildman–Crippen MR) is 62.5 cm³/mol. The molecule has 0 aromatic carbocycles. The van der Waals surface area contributed by atoms with E-state index in [4.69, 9.17) is 12.2 Å². The van der Waals surface area contributed by atoms with E-state index >= 15 is 0 Å². The molecule has 2 fully saturated rings. The fraction of sp³-hybridized carbons (Fsp3) is 0.800. The SMILES string of the molecule is O=C1NC(=S)NCC1CN1CCCCC1. The van der Waals surface area contributed by atoms with Crippen molar-refractivity contribution in [2.45, 2.75) is 19.3 Å². The highest BCUT2D eigenvalue weighted by Crippen LogP contribution is 2.11. The van der Waals surface area contributed by atoms with Crippen LogP contribution in [0.15, 0.2) is 0 Å². The zero-order valence-corrected chi connectivity index (χ0v) is 9.61. The van der Waals surface area contributed by atoms with Crippen LogP contribution in [-0.4, -0.2) is 42.1 Å². The van der Waals surface area contributed by atoms with E-state index in [2.05, 4.69) is 15.5 Å². The third-order valence-electron chi connectivity index (χ3n) is 3.04. The van der Waals surface area contributed by atoms with Crippen molar-refractivity contribution in [3.63, 3.8) is 0 Å². The summed E-state index contributed by atoms with van der Waals surface area (Å²) in [4.78, 5) is 14.0. The maximum absolute atomic E-state index is 11.6. The Morgan fingerprint density at radius 2 is 2.07 bits per heavy atom. The van der Waals surface area contributed by atoms with Crippen LogP contribution in [0.2, 0.25) is 0 Å². The Balaban J connectivity index is 1.82. The number of likely N-dealkylation sites (tertiary alicyclic amines) is 1. The van der Waals surface area contributed by atoms with Crippen LogP contribution < -0.4 is 10.6 Å². The van der Waals surface area contributed by atoms with E-state index in [1.807, 2.05) is 0 Å². The van der Waals surface area contributed by atoms with Crippen molar-refractivity contribution in [2.75, 3.05) is 26.2 Å². The second-order valence-electron chi connectivity index (χ2n) is 4.26. The number of piperidine rings is 1. The van der Waals surface area contributed by atoms with Gasteiger partial charge in [0.15, 0.2) is 5.11 Å². The van der Waals surface area contributed by atoms with Gasteiger partial charge in [0.25, 0.3) is 0 Å². The number of hydrogen-bond donors (Lipinski definition) is 2. The second-order valence-corrected chi connectivity index (χ2v) is 4.67. The highest BCUT2D eigenvalue weighted by Gasteiger charge is 2.26. The third-order valence-corrected chi connectivity index (χ3v) is 3.29. The minimum absolute atomic E-state index is 0.0507. The summed E-state index contributed by atoms with van der Waals surface area (Å²) in [5.74, 6) is 0.124. The van der Waals surface area contributed by atoms with Crippen LogP contribution in [0.5, 0.6) is 0 Å². The van der Waals surface area contributed by atoms with Crippen molar-refractivity contribution in [3.8, 4) is 0 Å². The van der Waals surface area contributed by atoms with Crippen molar-refractivity contribution in [2.24, 2.45) is 5.92 Å². The topological polar surface area (TPSA) is 44.4 Å². The number of amides is 1. The molecule has 0 aromatic heterocycles. The van der Waals surface area contributed by atoms with Gasteiger partial charge in [0.1, 0.15) is 0 Å². The van der Waals surface area contributed by atoms with E-state index in [-0.39, 0.29) is 11.8 Å². The first kappa shape index (κ1) is 10.8. The standard InChI is InChI=1S/C10H17N3OS/c14-9-8(6-11-10(15)12-9)7-13-4-2-1-3-5-13/h8H,1-7H2,(H2,11,12,14,15). The van der Waals surface area contributed by atoms with Crippen LogP contribution in [0.4, 0.5) is 0 Å². The highest BCUT2D eigenvalue weighted by atomic mass is 32.1. The maximum atomic E-state index is 11.6. The lowest BCUT2D eigenvalue weighted by molar-refractivity contribution is -0.124. The highest BCUT2D eigenvalue weighted by molar-refractivity contribution is 7.80. The van der Waals surface area contributed by atoms with E-state index in [0.717, 1.165) is 19.6 Å². The van der Waals surface area contributed by atoms with Gasteiger partial charge in [-0.05, 0) is 38.1 Å². The van der Waals surface area contributed by atoms with E-state index in [0.29, 0.717) is 11.7 Å². The zero-order chi connectivity index (χ0) is 10.7. The van der Waals surface area contributed by atoms with Crippen molar-refractivity contribution in [1.29, 1.82) is 0 Å². The Labute approximate surface area is 95.4 Å². The van der Waals surface area contributed by atoms with Crippen molar-refractivity contribution < 1.29 is 4.79 Å². The summed E-state index contributed by atoms with van der Waals surface area (Å²) in [6.07, 6.45) is 3.86. The average Bonchev–Trinajstić information content (AvgIpc) is 2.24. The van der Waals surface area contributed by atoms with Gasteiger partial charge in [0.2, 0.25) is 5.91 Å². The van der Waals surface area contributed by atoms with E-state index in [1.165, 1.54) is 19.3 Å². The Hall–Kier alpha value is -0.680. The molecule has 84 valence electrons. The summed E-state index contributed by atoms with van der Waals surface area (Å²) < 4.78 is 0. The first-order valence-electron chi connectivity index (χ1n) is 5.57. The monoisotopic (exact) mass is 227 g/mol. The normalized spacial score (nSPS) is 28.4. The molecular weight excluding hydrogens is 210 g/mol. The van der Waals surface area contributed by atoms with Crippen LogP contribution in [0.3, 0.4) is 0 Å². The average molecular weight is 227 g/mol. The van der Waals surface area contributed by atoms with Gasteiger partial charge < -0.3 is 15.5 Å². The summed E-state index contributed by atoms with van der Waals surface area (Å²) in [6.45, 7) is 3.81. The number of hydrogen-bond acceptors (Lipinski definition) is 3. The molecule has 1 unspecified atom stereocenters. The molecule has 4 nitrogen and oxygen atoms in total. The molecule has 1 amide bonds. The molecule has 2 saturated heterocycles. The van der Waals surface area contributed by atoms with Gasteiger partial charge in [-0.15, -0.1) is 0 Å². The second kappa shape index (κ2) is 4.90. The third kappa shape index (κ3) is 2.89. The molecule has 1 atom stereocenters. The molecule has 2 aliphatic heterocycles. The molecule has 0 radical (unpaired) electrons. The van der Waals surface area contributed by atoms with Gasteiger partial charge in [0.05, 0.1) is 5.92 Å². The molecule has 2 heterocycles. The lowest BCUT2D eigenvalue weighted by atomic mass is 10.0. The number of rotatable bonds is 2. The number of carbonyl (C=O) groups excluding carboxylic acids is 1. The van der Waals surface area contributed by atoms with E-state index < -0.39 is 0 Å². The molecule has 2 aliphatic rings. The number of thiocarbonyl (C=S) groups is 1. The Morgan fingerprint density at radius 1 is 1.33 bits per heavy atom. The predicted octanol–water partition coefficient (Wildman–Crippen LogP) is 0.0928. The minimum atomic E-state index is 0.0507. The minimum Gasteiger partial charge on any atom is -0.362 e. The van der Waals surface area contributed by atoms with Crippen molar-refractivity contribution in [3.05, 3.63) is 0 Å². The first-order chi connectivity index (χ1) is 7.25.